The molecule has 3 atom stereocenters. The van der Waals surface area contributed by atoms with Crippen LogP contribution in [-0.2, 0) is 4.74 Å². The molecule has 0 amide bonds. The van der Waals surface area contributed by atoms with Gasteiger partial charge in [0, 0.05) is 19.2 Å². The van der Waals surface area contributed by atoms with E-state index in [2.05, 4.69) is 26.1 Å². The van der Waals surface area contributed by atoms with E-state index in [0.717, 1.165) is 19.1 Å². The second-order valence-corrected chi connectivity index (χ2v) is 3.89. The molecule has 0 aromatic carbocycles. The predicted molar refractivity (Wildman–Crippen MR) is 51.3 cm³/mol. The van der Waals surface area contributed by atoms with Crippen LogP contribution in [0, 0.1) is 5.92 Å². The van der Waals surface area contributed by atoms with Gasteiger partial charge in [-0.25, -0.2) is 0 Å². The zero-order valence-corrected chi connectivity index (χ0v) is 8.47. The highest BCUT2D eigenvalue weighted by molar-refractivity contribution is 4.75. The van der Waals surface area contributed by atoms with E-state index in [1.807, 2.05) is 0 Å². The van der Waals surface area contributed by atoms with E-state index in [1.165, 1.54) is 12.8 Å². The Labute approximate surface area is 75.7 Å². The minimum Gasteiger partial charge on any atom is -0.377 e. The van der Waals surface area contributed by atoms with Gasteiger partial charge in [-0.15, -0.1) is 0 Å². The molecule has 0 aliphatic carbocycles. The highest BCUT2D eigenvalue weighted by Crippen LogP contribution is 2.19. The highest BCUT2D eigenvalue weighted by atomic mass is 16.5. The van der Waals surface area contributed by atoms with Gasteiger partial charge in [0.15, 0.2) is 0 Å². The average molecular weight is 171 g/mol. The molecule has 0 bridgehead atoms. The fraction of sp³-hybridized carbons (Fsp3) is 1.00. The van der Waals surface area contributed by atoms with Crippen LogP contribution in [-0.4, -0.2) is 25.3 Å². The van der Waals surface area contributed by atoms with Gasteiger partial charge in [0.1, 0.15) is 0 Å². The maximum atomic E-state index is 5.60. The van der Waals surface area contributed by atoms with Crippen molar-refractivity contribution in [1.29, 1.82) is 0 Å². The number of rotatable bonds is 4. The van der Waals surface area contributed by atoms with E-state index in [-0.39, 0.29) is 0 Å². The molecule has 1 rings (SSSR count). The van der Waals surface area contributed by atoms with Crippen LogP contribution in [0.15, 0.2) is 0 Å². The third-order valence-electron chi connectivity index (χ3n) is 2.82. The van der Waals surface area contributed by atoms with E-state index in [1.54, 1.807) is 0 Å². The lowest BCUT2D eigenvalue weighted by atomic mass is 10.0. The Balaban J connectivity index is 2.13. The summed E-state index contributed by atoms with van der Waals surface area (Å²) in [6.07, 6.45) is 2.88. The first kappa shape index (κ1) is 10.0. The van der Waals surface area contributed by atoms with Gasteiger partial charge in [-0.2, -0.15) is 0 Å². The molecule has 1 N–H and O–H groups in total. The first-order chi connectivity index (χ1) is 5.74. The minimum absolute atomic E-state index is 0.457. The molecule has 2 nitrogen and oxygen atoms in total. The van der Waals surface area contributed by atoms with E-state index in [9.17, 15) is 0 Å². The van der Waals surface area contributed by atoms with E-state index >= 15 is 0 Å². The summed E-state index contributed by atoms with van der Waals surface area (Å²) < 4.78 is 5.60. The summed E-state index contributed by atoms with van der Waals surface area (Å²) in [6.45, 7) is 8.68. The molecular formula is C10H21NO. The number of ether oxygens (including phenoxy) is 1. The summed E-state index contributed by atoms with van der Waals surface area (Å²) in [5.41, 5.74) is 0. The van der Waals surface area contributed by atoms with E-state index in [4.69, 9.17) is 4.74 Å². The largest absolute Gasteiger partial charge is 0.377 e. The Morgan fingerprint density at radius 1 is 1.58 bits per heavy atom. The number of hydrogen-bond donors (Lipinski definition) is 1. The molecule has 1 aliphatic heterocycles. The number of nitrogens with one attached hydrogen (secondary N) is 1. The second kappa shape index (κ2) is 4.83. The summed E-state index contributed by atoms with van der Waals surface area (Å²) in [5.74, 6) is 0.738. The molecule has 0 aromatic heterocycles. The van der Waals surface area contributed by atoms with E-state index in [0.29, 0.717) is 12.1 Å². The smallest absolute Gasteiger partial charge is 0.0725 e. The lowest BCUT2D eigenvalue weighted by Crippen LogP contribution is -2.35. The van der Waals surface area contributed by atoms with Crippen molar-refractivity contribution in [2.45, 2.75) is 45.8 Å². The normalized spacial score (nSPS) is 32.2. The van der Waals surface area contributed by atoms with Crippen LogP contribution in [0.5, 0.6) is 0 Å². The van der Waals surface area contributed by atoms with Gasteiger partial charge in [-0.3, -0.25) is 0 Å². The Morgan fingerprint density at radius 3 is 2.83 bits per heavy atom. The zero-order valence-electron chi connectivity index (χ0n) is 8.47. The minimum atomic E-state index is 0.457. The van der Waals surface area contributed by atoms with Crippen molar-refractivity contribution in [3.63, 3.8) is 0 Å². The highest BCUT2D eigenvalue weighted by Gasteiger charge is 2.23. The van der Waals surface area contributed by atoms with Gasteiger partial charge in [-0.05, 0) is 25.7 Å². The molecule has 1 heterocycles. The van der Waals surface area contributed by atoms with Crippen molar-refractivity contribution >= 4 is 0 Å². The molecule has 0 saturated carbocycles. The average Bonchev–Trinajstić information content (AvgIpc) is 2.47. The Hall–Kier alpha value is -0.0800. The standard InChI is InChI=1S/C10H21NO/c1-4-9(3)11-7-10-8(2)5-6-12-10/h8-11H,4-7H2,1-3H3. The quantitative estimate of drug-likeness (QED) is 0.696. The summed E-state index contributed by atoms with van der Waals surface area (Å²) in [5, 5.41) is 3.48. The SMILES string of the molecule is CCC(C)NCC1OCCC1C. The van der Waals surface area contributed by atoms with Crippen LogP contribution in [0.25, 0.3) is 0 Å². The van der Waals surface area contributed by atoms with Crippen LogP contribution in [0.4, 0.5) is 0 Å². The first-order valence-electron chi connectivity index (χ1n) is 5.09. The second-order valence-electron chi connectivity index (χ2n) is 3.89. The lowest BCUT2D eigenvalue weighted by Gasteiger charge is -2.18. The fourth-order valence-electron chi connectivity index (χ4n) is 1.48. The van der Waals surface area contributed by atoms with E-state index < -0.39 is 0 Å². The molecule has 1 aliphatic rings. The predicted octanol–water partition coefficient (Wildman–Crippen LogP) is 1.80. The van der Waals surface area contributed by atoms with Crippen LogP contribution >= 0.6 is 0 Å². The Kier molecular flexibility index (Phi) is 4.02. The van der Waals surface area contributed by atoms with Gasteiger partial charge in [0.25, 0.3) is 0 Å². The summed E-state index contributed by atoms with van der Waals surface area (Å²) in [6, 6.07) is 0.626. The lowest BCUT2D eigenvalue weighted by molar-refractivity contribution is 0.0911. The Morgan fingerprint density at radius 2 is 2.33 bits per heavy atom. The van der Waals surface area contributed by atoms with Crippen LogP contribution in [0.2, 0.25) is 0 Å². The Bertz CT molecular complexity index is 127. The molecule has 0 spiro atoms. The van der Waals surface area contributed by atoms with Crippen molar-refractivity contribution in [2.75, 3.05) is 13.2 Å². The van der Waals surface area contributed by atoms with Crippen LogP contribution in [0.3, 0.4) is 0 Å². The van der Waals surface area contributed by atoms with Crippen molar-refractivity contribution in [1.82, 2.24) is 5.32 Å². The molecule has 2 heteroatoms. The van der Waals surface area contributed by atoms with Gasteiger partial charge in [-0.1, -0.05) is 13.8 Å². The molecule has 0 radical (unpaired) electrons. The molecule has 0 aromatic rings. The number of hydrogen-bond acceptors (Lipinski definition) is 2. The van der Waals surface area contributed by atoms with Crippen LogP contribution < -0.4 is 5.32 Å². The first-order valence-corrected chi connectivity index (χ1v) is 5.09. The monoisotopic (exact) mass is 171 g/mol. The van der Waals surface area contributed by atoms with Crippen molar-refractivity contribution < 1.29 is 4.74 Å². The molecule has 72 valence electrons. The molecular weight excluding hydrogens is 150 g/mol. The van der Waals surface area contributed by atoms with Crippen molar-refractivity contribution in [3.05, 3.63) is 0 Å². The van der Waals surface area contributed by atoms with Gasteiger partial charge < -0.3 is 10.1 Å². The molecule has 3 unspecified atom stereocenters. The van der Waals surface area contributed by atoms with Gasteiger partial charge >= 0.3 is 0 Å². The van der Waals surface area contributed by atoms with Crippen LogP contribution in [0.1, 0.15) is 33.6 Å². The molecule has 12 heavy (non-hydrogen) atoms. The third-order valence-corrected chi connectivity index (χ3v) is 2.82. The summed E-state index contributed by atoms with van der Waals surface area (Å²) in [4.78, 5) is 0. The van der Waals surface area contributed by atoms with Gasteiger partial charge in [0.2, 0.25) is 0 Å². The maximum absolute atomic E-state index is 5.60. The maximum Gasteiger partial charge on any atom is 0.0725 e. The fourth-order valence-corrected chi connectivity index (χ4v) is 1.48. The molecule has 1 saturated heterocycles. The van der Waals surface area contributed by atoms with Crippen molar-refractivity contribution in [2.24, 2.45) is 5.92 Å². The topological polar surface area (TPSA) is 21.3 Å². The van der Waals surface area contributed by atoms with Crippen molar-refractivity contribution in [3.8, 4) is 0 Å². The summed E-state index contributed by atoms with van der Waals surface area (Å²) in [7, 11) is 0. The third kappa shape index (κ3) is 2.76. The summed E-state index contributed by atoms with van der Waals surface area (Å²) >= 11 is 0. The zero-order chi connectivity index (χ0) is 8.97. The molecule has 1 fully saturated rings. The van der Waals surface area contributed by atoms with Gasteiger partial charge in [0.05, 0.1) is 6.10 Å².